The summed E-state index contributed by atoms with van der Waals surface area (Å²) >= 11 is 0. The molecule has 1 fully saturated rings. The predicted octanol–water partition coefficient (Wildman–Crippen LogP) is 0.918. The number of urea groups is 1. The van der Waals surface area contributed by atoms with Gasteiger partial charge in [0, 0.05) is 26.7 Å². The summed E-state index contributed by atoms with van der Waals surface area (Å²) in [5, 5.41) is 11.9. The Morgan fingerprint density at radius 2 is 2.22 bits per heavy atom. The fourth-order valence-electron chi connectivity index (χ4n) is 2.01. The average Bonchev–Trinajstić information content (AvgIpc) is 2.35. The van der Waals surface area contributed by atoms with Crippen molar-refractivity contribution in [3.63, 3.8) is 0 Å². The number of hydrogen-bond acceptors (Lipinski definition) is 3. The van der Waals surface area contributed by atoms with Crippen LogP contribution in [0.3, 0.4) is 0 Å². The van der Waals surface area contributed by atoms with E-state index in [2.05, 4.69) is 5.32 Å². The molecular weight excluding hydrogens is 236 g/mol. The minimum absolute atomic E-state index is 0.0513. The molecule has 104 valence electrons. The number of hydrogen-bond donors (Lipinski definition) is 2. The van der Waals surface area contributed by atoms with Gasteiger partial charge in [0.05, 0.1) is 11.5 Å². The molecule has 1 rings (SSSR count). The normalized spacial score (nSPS) is 25.6. The van der Waals surface area contributed by atoms with Crippen LogP contribution in [0.2, 0.25) is 0 Å². The number of methoxy groups -OCH3 is 1. The molecule has 0 aromatic rings. The molecule has 0 aromatic carbocycles. The van der Waals surface area contributed by atoms with Crippen LogP contribution in [0, 0.1) is 5.41 Å². The number of likely N-dealkylation sites (tertiary alicyclic amines) is 1. The standard InChI is InChI=1S/C12H22N2O4/c1-9(18-3)7-13-11(17)14-6-4-5-12(2,8-14)10(15)16/h9H,4-8H2,1-3H3,(H,13,17)(H,15,16). The van der Waals surface area contributed by atoms with Crippen LogP contribution in [0.4, 0.5) is 4.79 Å². The van der Waals surface area contributed by atoms with Crippen molar-refractivity contribution in [3.05, 3.63) is 0 Å². The van der Waals surface area contributed by atoms with E-state index >= 15 is 0 Å². The van der Waals surface area contributed by atoms with Crippen molar-refractivity contribution in [1.29, 1.82) is 0 Å². The third kappa shape index (κ3) is 3.60. The molecule has 2 N–H and O–H groups in total. The highest BCUT2D eigenvalue weighted by Crippen LogP contribution is 2.29. The maximum absolute atomic E-state index is 11.9. The monoisotopic (exact) mass is 258 g/mol. The molecule has 2 unspecified atom stereocenters. The number of carboxylic acids is 1. The molecule has 6 heteroatoms. The van der Waals surface area contributed by atoms with E-state index in [1.54, 1.807) is 18.9 Å². The van der Waals surface area contributed by atoms with Crippen LogP contribution in [-0.4, -0.2) is 54.9 Å². The number of carboxylic acid groups (broad SMARTS) is 1. The SMILES string of the molecule is COC(C)CNC(=O)N1CCCC(C)(C(=O)O)C1. The van der Waals surface area contributed by atoms with Crippen molar-refractivity contribution in [2.75, 3.05) is 26.7 Å². The number of carbonyl (C=O) groups is 2. The minimum atomic E-state index is -0.842. The molecule has 0 aliphatic carbocycles. The van der Waals surface area contributed by atoms with Crippen molar-refractivity contribution in [2.24, 2.45) is 5.41 Å². The summed E-state index contributed by atoms with van der Waals surface area (Å²) in [7, 11) is 1.58. The first-order chi connectivity index (χ1) is 8.39. The number of amides is 2. The van der Waals surface area contributed by atoms with Crippen LogP contribution in [0.1, 0.15) is 26.7 Å². The maximum atomic E-state index is 11.9. The molecule has 2 amide bonds. The highest BCUT2D eigenvalue weighted by molar-refractivity contribution is 5.78. The van der Waals surface area contributed by atoms with Gasteiger partial charge in [0.15, 0.2) is 0 Å². The molecule has 0 spiro atoms. The summed E-state index contributed by atoms with van der Waals surface area (Å²) in [6.45, 7) is 4.84. The van der Waals surface area contributed by atoms with Gasteiger partial charge < -0.3 is 20.1 Å². The molecular formula is C12H22N2O4. The topological polar surface area (TPSA) is 78.9 Å². The molecule has 0 bridgehead atoms. The van der Waals surface area contributed by atoms with Gasteiger partial charge in [-0.15, -0.1) is 0 Å². The van der Waals surface area contributed by atoms with Crippen molar-refractivity contribution in [1.82, 2.24) is 10.2 Å². The van der Waals surface area contributed by atoms with Crippen LogP contribution in [0.15, 0.2) is 0 Å². The van der Waals surface area contributed by atoms with E-state index in [0.29, 0.717) is 19.5 Å². The van der Waals surface area contributed by atoms with Gasteiger partial charge in [0.2, 0.25) is 0 Å². The number of ether oxygens (including phenoxy) is 1. The lowest BCUT2D eigenvalue weighted by Crippen LogP contribution is -2.52. The summed E-state index contributed by atoms with van der Waals surface area (Å²) < 4.78 is 5.04. The second-order valence-electron chi connectivity index (χ2n) is 5.12. The molecule has 0 saturated carbocycles. The molecule has 0 radical (unpaired) electrons. The van der Waals surface area contributed by atoms with E-state index in [-0.39, 0.29) is 18.7 Å². The Hall–Kier alpha value is -1.30. The van der Waals surface area contributed by atoms with Crippen LogP contribution >= 0.6 is 0 Å². The first-order valence-corrected chi connectivity index (χ1v) is 6.18. The van der Waals surface area contributed by atoms with Crippen molar-refractivity contribution in [3.8, 4) is 0 Å². The fraction of sp³-hybridized carbons (Fsp3) is 0.833. The number of piperidine rings is 1. The second kappa shape index (κ2) is 6.04. The Bertz CT molecular complexity index is 321. The van der Waals surface area contributed by atoms with E-state index in [0.717, 1.165) is 6.42 Å². The third-order valence-corrected chi connectivity index (χ3v) is 3.44. The lowest BCUT2D eigenvalue weighted by atomic mass is 9.82. The van der Waals surface area contributed by atoms with Gasteiger partial charge in [-0.05, 0) is 26.7 Å². The van der Waals surface area contributed by atoms with E-state index in [9.17, 15) is 14.7 Å². The highest BCUT2D eigenvalue weighted by atomic mass is 16.5. The van der Waals surface area contributed by atoms with Gasteiger partial charge in [0.25, 0.3) is 0 Å². The maximum Gasteiger partial charge on any atom is 0.317 e. The van der Waals surface area contributed by atoms with Crippen LogP contribution in [0.25, 0.3) is 0 Å². The van der Waals surface area contributed by atoms with Gasteiger partial charge in [-0.2, -0.15) is 0 Å². The first kappa shape index (κ1) is 14.8. The van der Waals surface area contributed by atoms with Crippen molar-refractivity contribution >= 4 is 12.0 Å². The zero-order chi connectivity index (χ0) is 13.8. The Kier molecular flexibility index (Phi) is 4.95. The van der Waals surface area contributed by atoms with Gasteiger partial charge >= 0.3 is 12.0 Å². The molecule has 1 heterocycles. The number of nitrogens with zero attached hydrogens (tertiary/aromatic N) is 1. The lowest BCUT2D eigenvalue weighted by Gasteiger charge is -2.37. The van der Waals surface area contributed by atoms with Gasteiger partial charge in [-0.3, -0.25) is 4.79 Å². The molecule has 1 aliphatic heterocycles. The van der Waals surface area contributed by atoms with Crippen molar-refractivity contribution in [2.45, 2.75) is 32.8 Å². The molecule has 6 nitrogen and oxygen atoms in total. The molecule has 1 saturated heterocycles. The molecule has 2 atom stereocenters. The van der Waals surface area contributed by atoms with Gasteiger partial charge in [0.1, 0.15) is 0 Å². The third-order valence-electron chi connectivity index (χ3n) is 3.44. The summed E-state index contributed by atoms with van der Waals surface area (Å²) in [4.78, 5) is 24.6. The fourth-order valence-corrected chi connectivity index (χ4v) is 2.01. The molecule has 18 heavy (non-hydrogen) atoms. The van der Waals surface area contributed by atoms with Crippen LogP contribution < -0.4 is 5.32 Å². The quantitative estimate of drug-likeness (QED) is 0.786. The Balaban J connectivity index is 2.51. The smallest absolute Gasteiger partial charge is 0.317 e. The summed E-state index contributed by atoms with van der Waals surface area (Å²) in [5.41, 5.74) is -0.831. The lowest BCUT2D eigenvalue weighted by molar-refractivity contribution is -0.150. The number of carbonyl (C=O) groups excluding carboxylic acids is 1. The Labute approximate surface area is 107 Å². The summed E-state index contributed by atoms with van der Waals surface area (Å²) in [6.07, 6.45) is 1.28. The number of nitrogens with one attached hydrogen (secondary N) is 1. The number of aliphatic carboxylic acids is 1. The van der Waals surface area contributed by atoms with E-state index in [4.69, 9.17) is 4.74 Å². The zero-order valence-corrected chi connectivity index (χ0v) is 11.2. The summed E-state index contributed by atoms with van der Waals surface area (Å²) in [6, 6.07) is -0.217. The van der Waals surface area contributed by atoms with E-state index in [1.807, 2.05) is 6.92 Å². The Morgan fingerprint density at radius 3 is 2.78 bits per heavy atom. The zero-order valence-electron chi connectivity index (χ0n) is 11.2. The first-order valence-electron chi connectivity index (χ1n) is 6.18. The Morgan fingerprint density at radius 1 is 1.56 bits per heavy atom. The predicted molar refractivity (Wildman–Crippen MR) is 66.4 cm³/mol. The van der Waals surface area contributed by atoms with Gasteiger partial charge in [-0.25, -0.2) is 4.79 Å². The summed E-state index contributed by atoms with van der Waals surface area (Å²) in [5.74, 6) is -0.842. The van der Waals surface area contributed by atoms with Crippen LogP contribution in [0.5, 0.6) is 0 Å². The minimum Gasteiger partial charge on any atom is -0.481 e. The molecule has 1 aliphatic rings. The van der Waals surface area contributed by atoms with E-state index in [1.165, 1.54) is 0 Å². The largest absolute Gasteiger partial charge is 0.481 e. The van der Waals surface area contributed by atoms with E-state index < -0.39 is 11.4 Å². The van der Waals surface area contributed by atoms with Crippen LogP contribution in [-0.2, 0) is 9.53 Å². The number of rotatable bonds is 4. The second-order valence-corrected chi connectivity index (χ2v) is 5.12. The van der Waals surface area contributed by atoms with Crippen molar-refractivity contribution < 1.29 is 19.4 Å². The average molecular weight is 258 g/mol. The molecule has 0 aromatic heterocycles. The van der Waals surface area contributed by atoms with Gasteiger partial charge in [-0.1, -0.05) is 0 Å². The highest BCUT2D eigenvalue weighted by Gasteiger charge is 2.39.